The number of aromatic nitrogens is 6. The number of anilines is 2. The first-order valence-electron chi connectivity index (χ1n) is 10.4. The van der Waals surface area contributed by atoms with E-state index in [1.54, 1.807) is 4.68 Å². The minimum atomic E-state index is -0.139. The maximum Gasteiger partial charge on any atom is 0.231 e. The second-order valence-electron chi connectivity index (χ2n) is 7.97. The smallest absolute Gasteiger partial charge is 0.231 e. The van der Waals surface area contributed by atoms with Gasteiger partial charge in [-0.15, -0.1) is 10.2 Å². The van der Waals surface area contributed by atoms with E-state index in [-0.39, 0.29) is 11.8 Å². The van der Waals surface area contributed by atoms with E-state index >= 15 is 0 Å². The number of nitrogens with one attached hydrogen (secondary N) is 2. The molecule has 1 amide bonds. The van der Waals surface area contributed by atoms with Crippen molar-refractivity contribution < 1.29 is 4.79 Å². The van der Waals surface area contributed by atoms with Crippen LogP contribution >= 0.6 is 0 Å². The van der Waals surface area contributed by atoms with Crippen molar-refractivity contribution in [2.75, 3.05) is 23.3 Å². The fourth-order valence-corrected chi connectivity index (χ4v) is 4.09. The fraction of sp³-hybridized carbons (Fsp3) is 0.318. The van der Waals surface area contributed by atoms with Crippen LogP contribution in [-0.4, -0.2) is 48.9 Å². The molecule has 4 aromatic rings. The Kier molecular flexibility index (Phi) is 4.85. The van der Waals surface area contributed by atoms with Gasteiger partial charge in [0.15, 0.2) is 11.6 Å². The molecule has 5 rings (SSSR count). The van der Waals surface area contributed by atoms with Crippen molar-refractivity contribution in [2.24, 2.45) is 5.92 Å². The van der Waals surface area contributed by atoms with Gasteiger partial charge in [-0.25, -0.2) is 9.67 Å². The molecule has 9 heteroatoms. The number of para-hydroxylation sites is 2. The van der Waals surface area contributed by atoms with Crippen molar-refractivity contribution in [2.45, 2.75) is 26.7 Å². The predicted octanol–water partition coefficient (Wildman–Crippen LogP) is 3.01. The van der Waals surface area contributed by atoms with E-state index in [0.29, 0.717) is 18.3 Å². The maximum atomic E-state index is 12.9. The molecule has 0 radical (unpaired) electrons. The Balaban J connectivity index is 1.27. The highest BCUT2D eigenvalue weighted by molar-refractivity contribution is 5.93. The third-order valence-electron chi connectivity index (χ3n) is 5.61. The number of hydrogen-bond donors (Lipinski definition) is 2. The quantitative estimate of drug-likeness (QED) is 0.530. The molecule has 9 nitrogen and oxygen atoms in total. The number of aromatic amines is 1. The van der Waals surface area contributed by atoms with Crippen LogP contribution in [0.15, 0.2) is 42.5 Å². The number of benzene rings is 1. The molecule has 0 spiro atoms. The lowest BCUT2D eigenvalue weighted by Gasteiger charge is -2.32. The van der Waals surface area contributed by atoms with Gasteiger partial charge in [0.25, 0.3) is 0 Å². The van der Waals surface area contributed by atoms with Crippen molar-refractivity contribution in [1.29, 1.82) is 0 Å². The third kappa shape index (κ3) is 3.86. The van der Waals surface area contributed by atoms with Gasteiger partial charge in [-0.1, -0.05) is 12.1 Å². The van der Waals surface area contributed by atoms with Gasteiger partial charge >= 0.3 is 0 Å². The minimum absolute atomic E-state index is 0.0315. The first-order valence-corrected chi connectivity index (χ1v) is 10.4. The third-order valence-corrected chi connectivity index (χ3v) is 5.61. The zero-order chi connectivity index (χ0) is 21.4. The van der Waals surface area contributed by atoms with Crippen LogP contribution in [0, 0.1) is 19.8 Å². The molecule has 2 N–H and O–H groups in total. The summed E-state index contributed by atoms with van der Waals surface area (Å²) in [5.41, 5.74) is 3.69. The second kappa shape index (κ2) is 7.82. The molecule has 1 saturated heterocycles. The van der Waals surface area contributed by atoms with Crippen LogP contribution in [0.25, 0.3) is 16.9 Å². The number of rotatable bonds is 4. The standard InChI is InChI=1S/C22H24N8O/c1-14-12-15(2)30(28-14)20-10-9-19(26-27-20)29-11-5-6-16(13-29)21(31)25-22-23-17-7-3-4-8-18(17)24-22/h3-4,7-10,12,16H,5-6,11,13H2,1-2H3,(H2,23,24,25,31). The SMILES string of the molecule is Cc1cc(C)n(-c2ccc(N3CCCC(C(=O)Nc4nc5ccccc5[nH]4)C3)nn2)n1. The average Bonchev–Trinajstić information content (AvgIpc) is 3.35. The summed E-state index contributed by atoms with van der Waals surface area (Å²) in [5.74, 6) is 1.77. The molecule has 1 aliphatic heterocycles. The summed E-state index contributed by atoms with van der Waals surface area (Å²) >= 11 is 0. The van der Waals surface area contributed by atoms with Crippen molar-refractivity contribution in [3.05, 3.63) is 53.9 Å². The molecule has 4 heterocycles. The van der Waals surface area contributed by atoms with E-state index in [1.165, 1.54) is 0 Å². The summed E-state index contributed by atoms with van der Waals surface area (Å²) in [5, 5.41) is 16.1. The average molecular weight is 416 g/mol. The highest BCUT2D eigenvalue weighted by atomic mass is 16.2. The van der Waals surface area contributed by atoms with Crippen LogP contribution in [0.1, 0.15) is 24.2 Å². The molecule has 1 fully saturated rings. The van der Waals surface area contributed by atoms with Gasteiger partial charge < -0.3 is 9.88 Å². The fourth-order valence-electron chi connectivity index (χ4n) is 4.09. The number of aryl methyl sites for hydroxylation is 2. The summed E-state index contributed by atoms with van der Waals surface area (Å²) in [7, 11) is 0. The van der Waals surface area contributed by atoms with E-state index in [2.05, 4.69) is 35.5 Å². The molecule has 3 aromatic heterocycles. The molecular weight excluding hydrogens is 392 g/mol. The number of carbonyl (C=O) groups excluding carboxylic acids is 1. The summed E-state index contributed by atoms with van der Waals surface area (Å²) in [6.07, 6.45) is 1.75. The van der Waals surface area contributed by atoms with Gasteiger partial charge in [0.1, 0.15) is 0 Å². The van der Waals surface area contributed by atoms with Gasteiger partial charge in [-0.05, 0) is 57.0 Å². The van der Waals surface area contributed by atoms with Gasteiger partial charge in [0.2, 0.25) is 11.9 Å². The lowest BCUT2D eigenvalue weighted by molar-refractivity contribution is -0.120. The first kappa shape index (κ1) is 19.2. The molecular formula is C22H24N8O. The van der Waals surface area contributed by atoms with Gasteiger partial charge in [0, 0.05) is 18.8 Å². The van der Waals surface area contributed by atoms with Crippen LogP contribution in [0.2, 0.25) is 0 Å². The number of hydrogen-bond acceptors (Lipinski definition) is 6. The van der Waals surface area contributed by atoms with Crippen LogP contribution in [0.3, 0.4) is 0 Å². The van der Waals surface area contributed by atoms with Crippen molar-refractivity contribution in [3.8, 4) is 5.82 Å². The second-order valence-corrected chi connectivity index (χ2v) is 7.97. The zero-order valence-corrected chi connectivity index (χ0v) is 17.5. The Hall–Kier alpha value is -3.75. The maximum absolute atomic E-state index is 12.9. The number of amides is 1. The van der Waals surface area contributed by atoms with E-state index in [4.69, 9.17) is 0 Å². The normalized spacial score (nSPS) is 16.6. The molecule has 1 aliphatic rings. The number of piperidine rings is 1. The molecule has 1 aromatic carbocycles. The monoisotopic (exact) mass is 416 g/mol. The van der Waals surface area contributed by atoms with Crippen molar-refractivity contribution in [3.63, 3.8) is 0 Å². The molecule has 158 valence electrons. The van der Waals surface area contributed by atoms with E-state index in [9.17, 15) is 4.79 Å². The lowest BCUT2D eigenvalue weighted by Crippen LogP contribution is -2.41. The molecule has 1 atom stereocenters. The van der Waals surface area contributed by atoms with E-state index < -0.39 is 0 Å². The molecule has 0 saturated carbocycles. The Morgan fingerprint density at radius 3 is 2.68 bits per heavy atom. The largest absolute Gasteiger partial charge is 0.354 e. The molecule has 0 aliphatic carbocycles. The van der Waals surface area contributed by atoms with Crippen LogP contribution in [-0.2, 0) is 4.79 Å². The number of nitrogens with zero attached hydrogens (tertiary/aromatic N) is 6. The highest BCUT2D eigenvalue weighted by Gasteiger charge is 2.27. The number of imidazole rings is 1. The van der Waals surface area contributed by atoms with Gasteiger partial charge in [-0.2, -0.15) is 5.10 Å². The summed E-state index contributed by atoms with van der Waals surface area (Å²) in [4.78, 5) is 22.6. The van der Waals surface area contributed by atoms with Crippen molar-refractivity contribution >= 4 is 28.7 Å². The topological polar surface area (TPSA) is 105 Å². The lowest BCUT2D eigenvalue weighted by atomic mass is 9.97. The summed E-state index contributed by atoms with van der Waals surface area (Å²) in [6, 6.07) is 13.6. The molecule has 1 unspecified atom stereocenters. The number of H-pyrrole nitrogens is 1. The van der Waals surface area contributed by atoms with Crippen LogP contribution in [0.4, 0.5) is 11.8 Å². The van der Waals surface area contributed by atoms with Crippen molar-refractivity contribution in [1.82, 2.24) is 29.9 Å². The summed E-state index contributed by atoms with van der Waals surface area (Å²) < 4.78 is 1.78. The first-order chi connectivity index (χ1) is 15.1. The Morgan fingerprint density at radius 1 is 1.13 bits per heavy atom. The van der Waals surface area contributed by atoms with E-state index in [0.717, 1.165) is 47.6 Å². The van der Waals surface area contributed by atoms with Gasteiger partial charge in [0.05, 0.1) is 22.6 Å². The van der Waals surface area contributed by atoms with Gasteiger partial charge in [-0.3, -0.25) is 10.1 Å². The summed E-state index contributed by atoms with van der Waals surface area (Å²) in [6.45, 7) is 5.39. The Labute approximate surface area is 179 Å². The van der Waals surface area contributed by atoms with E-state index in [1.807, 2.05) is 56.3 Å². The highest BCUT2D eigenvalue weighted by Crippen LogP contribution is 2.23. The number of fused-ring (bicyclic) bond motifs is 1. The Morgan fingerprint density at radius 2 is 1.94 bits per heavy atom. The molecule has 0 bridgehead atoms. The minimum Gasteiger partial charge on any atom is -0.354 e. The number of carbonyl (C=O) groups is 1. The molecule has 31 heavy (non-hydrogen) atoms. The Bertz CT molecular complexity index is 1190. The zero-order valence-electron chi connectivity index (χ0n) is 17.5. The van der Waals surface area contributed by atoms with Crippen LogP contribution in [0.5, 0.6) is 0 Å². The van der Waals surface area contributed by atoms with Crippen LogP contribution < -0.4 is 10.2 Å². The predicted molar refractivity (Wildman–Crippen MR) is 118 cm³/mol.